The molecule has 0 spiro atoms. The van der Waals surface area contributed by atoms with Crippen LogP contribution in [0.1, 0.15) is 24.5 Å². The summed E-state index contributed by atoms with van der Waals surface area (Å²) in [6.45, 7) is 3.80. The van der Waals surface area contributed by atoms with E-state index in [-0.39, 0.29) is 11.7 Å². The van der Waals surface area contributed by atoms with Gasteiger partial charge in [0.15, 0.2) is 17.7 Å². The van der Waals surface area contributed by atoms with Crippen molar-refractivity contribution in [2.45, 2.75) is 37.0 Å². The van der Waals surface area contributed by atoms with Crippen LogP contribution >= 0.6 is 11.8 Å². The molecule has 1 amide bonds. The number of rotatable bonds is 8. The van der Waals surface area contributed by atoms with Gasteiger partial charge in [-0.2, -0.15) is 0 Å². The van der Waals surface area contributed by atoms with Crippen LogP contribution in [0.15, 0.2) is 77.7 Å². The first-order chi connectivity index (χ1) is 14.1. The highest BCUT2D eigenvalue weighted by molar-refractivity contribution is 7.98. The Morgan fingerprint density at radius 2 is 1.79 bits per heavy atom. The van der Waals surface area contributed by atoms with Gasteiger partial charge in [0.1, 0.15) is 0 Å². The van der Waals surface area contributed by atoms with E-state index < -0.39 is 11.9 Å². The second kappa shape index (κ2) is 10.1. The van der Waals surface area contributed by atoms with Crippen LogP contribution in [-0.4, -0.2) is 12.0 Å². The van der Waals surface area contributed by atoms with E-state index in [9.17, 15) is 9.18 Å². The molecule has 0 fully saturated rings. The fraction of sp³-hybridized carbons (Fsp3) is 0.208. The van der Waals surface area contributed by atoms with Crippen molar-refractivity contribution in [2.24, 2.45) is 0 Å². The highest BCUT2D eigenvalue weighted by atomic mass is 32.2. The summed E-state index contributed by atoms with van der Waals surface area (Å²) >= 11 is 1.77. The molecule has 3 nitrogen and oxygen atoms in total. The fourth-order valence-corrected chi connectivity index (χ4v) is 3.73. The van der Waals surface area contributed by atoms with E-state index in [1.54, 1.807) is 23.9 Å². The summed E-state index contributed by atoms with van der Waals surface area (Å²) in [6, 6.07) is 22.3. The molecule has 0 aliphatic rings. The molecule has 5 heteroatoms. The largest absolute Gasteiger partial charge is 0.478 e. The van der Waals surface area contributed by atoms with Crippen molar-refractivity contribution in [3.8, 4) is 5.75 Å². The number of benzene rings is 3. The monoisotopic (exact) mass is 409 g/mol. The molecule has 0 heterocycles. The third-order valence-electron chi connectivity index (χ3n) is 4.47. The number of carbonyl (C=O) groups excluding carboxylic acids is 1. The maximum Gasteiger partial charge on any atom is 0.265 e. The molecule has 3 aromatic carbocycles. The Morgan fingerprint density at radius 3 is 2.48 bits per heavy atom. The van der Waals surface area contributed by atoms with Gasteiger partial charge in [0.25, 0.3) is 5.91 Å². The first kappa shape index (κ1) is 20.9. The Labute approximate surface area is 175 Å². The molecular weight excluding hydrogens is 385 g/mol. The normalized spacial score (nSPS) is 11.7. The molecule has 0 unspecified atom stereocenters. The molecule has 0 saturated heterocycles. The number of para-hydroxylation sites is 1. The summed E-state index contributed by atoms with van der Waals surface area (Å²) in [5, 5.41) is 2.91. The number of aryl methyl sites for hydroxylation is 1. The van der Waals surface area contributed by atoms with Gasteiger partial charge in [-0.25, -0.2) is 4.39 Å². The molecule has 1 atom stereocenters. The van der Waals surface area contributed by atoms with Crippen LogP contribution in [-0.2, 0) is 10.5 Å². The highest BCUT2D eigenvalue weighted by Gasteiger charge is 2.20. The number of thioether (sulfide) groups is 1. The summed E-state index contributed by atoms with van der Waals surface area (Å²) in [5.74, 6) is 0.174. The molecule has 0 aromatic heterocycles. The molecule has 0 aliphatic heterocycles. The van der Waals surface area contributed by atoms with Crippen molar-refractivity contribution in [3.63, 3.8) is 0 Å². The zero-order valence-corrected chi connectivity index (χ0v) is 17.3. The van der Waals surface area contributed by atoms with Crippen molar-refractivity contribution >= 4 is 23.4 Å². The van der Waals surface area contributed by atoms with E-state index in [2.05, 4.69) is 23.5 Å². The molecule has 3 aromatic rings. The predicted molar refractivity (Wildman–Crippen MR) is 117 cm³/mol. The average Bonchev–Trinajstić information content (AvgIpc) is 2.74. The molecule has 0 saturated carbocycles. The van der Waals surface area contributed by atoms with Gasteiger partial charge in [-0.3, -0.25) is 4.79 Å². The minimum absolute atomic E-state index is 0.0829. The third-order valence-corrected chi connectivity index (χ3v) is 5.55. The lowest BCUT2D eigenvalue weighted by Gasteiger charge is -2.18. The standard InChI is InChI=1S/C24H24FNO2S/c1-3-22(28-23-12-8-7-11-20(23)25)24(27)26-21-14-13-18(15-17(21)2)16-29-19-9-5-4-6-10-19/h4-15,22H,3,16H2,1-2H3,(H,26,27)/t22-/m0/s1. The molecule has 150 valence electrons. The molecule has 1 N–H and O–H groups in total. The van der Waals surface area contributed by atoms with Crippen LogP contribution in [0.25, 0.3) is 0 Å². The SMILES string of the molecule is CC[C@H](Oc1ccccc1F)C(=O)Nc1ccc(CSc2ccccc2)cc1C. The summed E-state index contributed by atoms with van der Waals surface area (Å²) in [6.07, 6.45) is -0.329. The summed E-state index contributed by atoms with van der Waals surface area (Å²) < 4.78 is 19.4. The first-order valence-electron chi connectivity index (χ1n) is 9.56. The van der Waals surface area contributed by atoms with E-state index in [0.29, 0.717) is 6.42 Å². The average molecular weight is 410 g/mol. The van der Waals surface area contributed by atoms with Crippen molar-refractivity contribution in [1.29, 1.82) is 0 Å². The summed E-state index contributed by atoms with van der Waals surface area (Å²) in [5.41, 5.74) is 2.90. The number of anilines is 1. The van der Waals surface area contributed by atoms with Gasteiger partial charge in [0, 0.05) is 16.3 Å². The van der Waals surface area contributed by atoms with Crippen LogP contribution in [0.2, 0.25) is 0 Å². The highest BCUT2D eigenvalue weighted by Crippen LogP contribution is 2.25. The van der Waals surface area contributed by atoms with Gasteiger partial charge < -0.3 is 10.1 Å². The number of nitrogens with one attached hydrogen (secondary N) is 1. The molecule has 0 aliphatic carbocycles. The minimum atomic E-state index is -0.764. The quantitative estimate of drug-likeness (QED) is 0.449. The maximum atomic E-state index is 13.8. The predicted octanol–water partition coefficient (Wildman–Crippen LogP) is 6.22. The topological polar surface area (TPSA) is 38.3 Å². The van der Waals surface area contributed by atoms with Crippen molar-refractivity contribution in [1.82, 2.24) is 0 Å². The Hall–Kier alpha value is -2.79. The van der Waals surface area contributed by atoms with Gasteiger partial charge in [-0.15, -0.1) is 11.8 Å². The first-order valence-corrected chi connectivity index (χ1v) is 10.5. The summed E-state index contributed by atoms with van der Waals surface area (Å²) in [4.78, 5) is 13.9. The molecule has 3 rings (SSSR count). The minimum Gasteiger partial charge on any atom is -0.478 e. The van der Waals surface area contributed by atoms with Crippen LogP contribution in [0.4, 0.5) is 10.1 Å². The van der Waals surface area contributed by atoms with Crippen LogP contribution < -0.4 is 10.1 Å². The smallest absolute Gasteiger partial charge is 0.265 e. The van der Waals surface area contributed by atoms with Gasteiger partial charge >= 0.3 is 0 Å². The fourth-order valence-electron chi connectivity index (χ4n) is 2.87. The lowest BCUT2D eigenvalue weighted by Crippen LogP contribution is -2.32. The maximum absolute atomic E-state index is 13.8. The number of carbonyl (C=O) groups is 1. The van der Waals surface area contributed by atoms with Crippen molar-refractivity contribution in [3.05, 3.63) is 89.7 Å². The van der Waals surface area contributed by atoms with E-state index in [4.69, 9.17) is 4.74 Å². The zero-order valence-electron chi connectivity index (χ0n) is 16.5. The van der Waals surface area contributed by atoms with Gasteiger partial charge in [-0.1, -0.05) is 49.4 Å². The molecule has 0 bridgehead atoms. The number of amides is 1. The van der Waals surface area contributed by atoms with E-state index in [1.165, 1.54) is 22.6 Å². The zero-order chi connectivity index (χ0) is 20.6. The molecular formula is C24H24FNO2S. The van der Waals surface area contributed by atoms with Crippen LogP contribution in [0, 0.1) is 12.7 Å². The van der Waals surface area contributed by atoms with E-state index >= 15 is 0 Å². The Balaban J connectivity index is 1.62. The van der Waals surface area contributed by atoms with E-state index in [1.807, 2.05) is 44.2 Å². The Morgan fingerprint density at radius 1 is 1.07 bits per heavy atom. The molecule has 29 heavy (non-hydrogen) atoms. The van der Waals surface area contributed by atoms with Crippen molar-refractivity contribution in [2.75, 3.05) is 5.32 Å². The lowest BCUT2D eigenvalue weighted by molar-refractivity contribution is -0.122. The lowest BCUT2D eigenvalue weighted by atomic mass is 10.1. The van der Waals surface area contributed by atoms with Gasteiger partial charge in [0.2, 0.25) is 0 Å². The van der Waals surface area contributed by atoms with Gasteiger partial charge in [0.05, 0.1) is 0 Å². The second-order valence-corrected chi connectivity index (χ2v) is 7.73. The van der Waals surface area contributed by atoms with Crippen LogP contribution in [0.5, 0.6) is 5.75 Å². The number of halogens is 1. The van der Waals surface area contributed by atoms with Gasteiger partial charge in [-0.05, 0) is 54.8 Å². The summed E-state index contributed by atoms with van der Waals surface area (Å²) in [7, 11) is 0. The number of ether oxygens (including phenoxy) is 1. The Kier molecular flexibility index (Phi) is 7.30. The second-order valence-electron chi connectivity index (χ2n) is 6.69. The number of hydrogen-bond donors (Lipinski definition) is 1. The Bertz CT molecular complexity index is 962. The molecule has 0 radical (unpaired) electrons. The van der Waals surface area contributed by atoms with Crippen molar-refractivity contribution < 1.29 is 13.9 Å². The van der Waals surface area contributed by atoms with Crippen LogP contribution in [0.3, 0.4) is 0 Å². The third kappa shape index (κ3) is 5.84. The van der Waals surface area contributed by atoms with E-state index in [0.717, 1.165) is 17.0 Å². The number of hydrogen-bond acceptors (Lipinski definition) is 3.